The van der Waals surface area contributed by atoms with Crippen molar-refractivity contribution in [2.75, 3.05) is 0 Å². The summed E-state index contributed by atoms with van der Waals surface area (Å²) in [4.78, 5) is 0. The maximum atomic E-state index is 6.12. The van der Waals surface area contributed by atoms with Crippen LogP contribution < -0.4 is 10.5 Å². The molecule has 0 radical (unpaired) electrons. The lowest BCUT2D eigenvalue weighted by molar-refractivity contribution is 0.442. The van der Waals surface area contributed by atoms with Crippen LogP contribution >= 0.6 is 0 Å². The zero-order valence-corrected chi connectivity index (χ0v) is 12.5. The molecule has 2 aromatic rings. The van der Waals surface area contributed by atoms with Gasteiger partial charge in [0.2, 0.25) is 0 Å². The molecule has 0 bridgehead atoms. The summed E-state index contributed by atoms with van der Waals surface area (Å²) in [5.41, 5.74) is 10.2. The van der Waals surface area contributed by atoms with Crippen molar-refractivity contribution >= 4 is 0 Å². The van der Waals surface area contributed by atoms with Crippen LogP contribution in [-0.4, -0.2) is 0 Å². The van der Waals surface area contributed by atoms with Gasteiger partial charge < -0.3 is 10.5 Å². The lowest BCUT2D eigenvalue weighted by Gasteiger charge is -2.08. The molecule has 0 spiro atoms. The van der Waals surface area contributed by atoms with Gasteiger partial charge >= 0.3 is 0 Å². The average Bonchev–Trinajstić information content (AvgIpc) is 3.00. The fourth-order valence-electron chi connectivity index (χ4n) is 2.57. The van der Waals surface area contributed by atoms with Gasteiger partial charge in [0.25, 0.3) is 0 Å². The monoisotopic (exact) mass is 289 g/mol. The first-order valence-electron chi connectivity index (χ1n) is 7.41. The molecule has 0 aliphatic carbocycles. The van der Waals surface area contributed by atoms with E-state index in [9.17, 15) is 0 Å². The highest BCUT2D eigenvalue weighted by molar-refractivity contribution is 5.73. The van der Waals surface area contributed by atoms with Gasteiger partial charge in [-0.1, -0.05) is 60.7 Å². The summed E-state index contributed by atoms with van der Waals surface area (Å²) >= 11 is 0. The molecule has 2 heteroatoms. The third-order valence-electron chi connectivity index (χ3n) is 3.68. The van der Waals surface area contributed by atoms with E-state index in [0.717, 1.165) is 35.5 Å². The Morgan fingerprint density at radius 1 is 1.14 bits per heavy atom. The molecule has 0 atom stereocenters. The topological polar surface area (TPSA) is 35.2 Å². The van der Waals surface area contributed by atoms with E-state index in [4.69, 9.17) is 10.5 Å². The molecule has 0 saturated heterocycles. The highest BCUT2D eigenvalue weighted by Gasteiger charge is 2.22. The van der Waals surface area contributed by atoms with Crippen LogP contribution in [0.2, 0.25) is 0 Å². The molecule has 1 aliphatic rings. The molecule has 3 rings (SSSR count). The van der Waals surface area contributed by atoms with Gasteiger partial charge in [0.05, 0.1) is 5.70 Å². The molecule has 0 saturated carbocycles. The van der Waals surface area contributed by atoms with E-state index in [1.807, 2.05) is 36.4 Å². The molecule has 2 aromatic carbocycles. The number of fused-ring (bicyclic) bond motifs is 1. The molecule has 0 amide bonds. The zero-order chi connectivity index (χ0) is 15.4. The molecule has 0 fully saturated rings. The summed E-state index contributed by atoms with van der Waals surface area (Å²) in [6, 6.07) is 16.5. The minimum Gasteiger partial charge on any atom is -0.458 e. The lowest BCUT2D eigenvalue weighted by atomic mass is 10.0. The summed E-state index contributed by atoms with van der Waals surface area (Å²) in [6.07, 6.45) is 7.26. The molecule has 0 aromatic heterocycles. The van der Waals surface area contributed by atoms with Crippen LogP contribution in [0.5, 0.6) is 5.75 Å². The Morgan fingerprint density at radius 2 is 1.95 bits per heavy atom. The Labute approximate surface area is 131 Å². The molecule has 0 unspecified atom stereocenters. The van der Waals surface area contributed by atoms with Gasteiger partial charge in [0.15, 0.2) is 0 Å². The van der Waals surface area contributed by atoms with Crippen LogP contribution in [0, 0.1) is 0 Å². The molecule has 22 heavy (non-hydrogen) atoms. The van der Waals surface area contributed by atoms with E-state index in [0.29, 0.717) is 5.70 Å². The summed E-state index contributed by atoms with van der Waals surface area (Å²) in [5, 5.41) is 0. The minimum atomic E-state index is 0.678. The molecule has 2 nitrogen and oxygen atoms in total. The maximum Gasteiger partial charge on any atom is 0.138 e. The molecule has 1 heterocycles. The smallest absolute Gasteiger partial charge is 0.138 e. The van der Waals surface area contributed by atoms with Gasteiger partial charge in [-0.05, 0) is 18.1 Å². The van der Waals surface area contributed by atoms with Crippen molar-refractivity contribution in [1.82, 2.24) is 0 Å². The first-order valence-corrected chi connectivity index (χ1v) is 7.41. The van der Waals surface area contributed by atoms with Crippen molar-refractivity contribution in [3.63, 3.8) is 0 Å². The standard InChI is InChI=1S/C20H19NO/c1-2-3-5-13-18(21)19-14-16-11-8-12-17(20(16)22-19)15-9-6-4-7-10-15/h2,4-13H,1,3,14,21H2/b13-5-,19-18-. The third-order valence-corrected chi connectivity index (χ3v) is 3.68. The number of benzene rings is 2. The van der Waals surface area contributed by atoms with Gasteiger partial charge in [-0.2, -0.15) is 0 Å². The second-order valence-electron chi connectivity index (χ2n) is 5.24. The SMILES string of the molecule is C=CC/C=C\C(N)=C1/Cc2cccc(-c3ccccc3)c2O1. The Bertz CT molecular complexity index is 742. The summed E-state index contributed by atoms with van der Waals surface area (Å²) in [7, 11) is 0. The van der Waals surface area contributed by atoms with E-state index in [2.05, 4.69) is 36.9 Å². The number of ether oxygens (including phenoxy) is 1. The van der Waals surface area contributed by atoms with Crippen molar-refractivity contribution in [2.24, 2.45) is 5.73 Å². The Balaban J connectivity index is 1.94. The van der Waals surface area contributed by atoms with Crippen molar-refractivity contribution in [1.29, 1.82) is 0 Å². The number of nitrogens with two attached hydrogens (primary N) is 1. The predicted octanol–water partition coefficient (Wildman–Crippen LogP) is 4.59. The number of hydrogen-bond donors (Lipinski definition) is 1. The highest BCUT2D eigenvalue weighted by atomic mass is 16.5. The van der Waals surface area contributed by atoms with Gasteiger partial charge in [-0.15, -0.1) is 6.58 Å². The highest BCUT2D eigenvalue weighted by Crippen LogP contribution is 2.40. The van der Waals surface area contributed by atoms with Gasteiger partial charge in [0, 0.05) is 17.5 Å². The molecular weight excluding hydrogens is 270 g/mol. The van der Waals surface area contributed by atoms with E-state index >= 15 is 0 Å². The van der Waals surface area contributed by atoms with E-state index in [-0.39, 0.29) is 0 Å². The molecule has 110 valence electrons. The van der Waals surface area contributed by atoms with E-state index < -0.39 is 0 Å². The van der Waals surface area contributed by atoms with Crippen molar-refractivity contribution < 1.29 is 4.74 Å². The van der Waals surface area contributed by atoms with Crippen LogP contribution in [0.1, 0.15) is 12.0 Å². The number of para-hydroxylation sites is 1. The number of allylic oxidation sites excluding steroid dienone is 4. The Hall–Kier alpha value is -2.74. The van der Waals surface area contributed by atoms with Gasteiger partial charge in [-0.3, -0.25) is 0 Å². The largest absolute Gasteiger partial charge is 0.458 e. The maximum absolute atomic E-state index is 6.12. The molecular formula is C20H19NO. The minimum absolute atomic E-state index is 0.678. The van der Waals surface area contributed by atoms with Crippen molar-refractivity contribution in [3.8, 4) is 16.9 Å². The third kappa shape index (κ3) is 2.82. The predicted molar refractivity (Wildman–Crippen MR) is 91.4 cm³/mol. The fraction of sp³-hybridized carbons (Fsp3) is 0.100. The van der Waals surface area contributed by atoms with Crippen LogP contribution in [-0.2, 0) is 6.42 Å². The molecule has 1 aliphatic heterocycles. The molecule has 2 N–H and O–H groups in total. The Kier molecular flexibility index (Phi) is 4.10. The summed E-state index contributed by atoms with van der Waals surface area (Å²) < 4.78 is 6.06. The second kappa shape index (κ2) is 6.35. The number of rotatable bonds is 4. The average molecular weight is 289 g/mol. The van der Waals surface area contributed by atoms with Crippen molar-refractivity contribution in [3.05, 3.63) is 90.4 Å². The van der Waals surface area contributed by atoms with Crippen LogP contribution in [0.15, 0.2) is 84.8 Å². The summed E-state index contributed by atoms with van der Waals surface area (Å²) in [5.74, 6) is 1.74. The summed E-state index contributed by atoms with van der Waals surface area (Å²) in [6.45, 7) is 3.69. The Morgan fingerprint density at radius 3 is 2.73 bits per heavy atom. The first-order chi connectivity index (χ1) is 10.8. The number of hydrogen-bond acceptors (Lipinski definition) is 2. The fourth-order valence-corrected chi connectivity index (χ4v) is 2.57. The van der Waals surface area contributed by atoms with E-state index in [1.165, 1.54) is 5.56 Å². The quantitative estimate of drug-likeness (QED) is 0.835. The van der Waals surface area contributed by atoms with Gasteiger partial charge in [-0.25, -0.2) is 0 Å². The lowest BCUT2D eigenvalue weighted by Crippen LogP contribution is -2.03. The second-order valence-corrected chi connectivity index (χ2v) is 5.24. The van der Waals surface area contributed by atoms with Crippen LogP contribution in [0.4, 0.5) is 0 Å². The van der Waals surface area contributed by atoms with Crippen LogP contribution in [0.25, 0.3) is 11.1 Å². The zero-order valence-electron chi connectivity index (χ0n) is 12.5. The first kappa shape index (κ1) is 14.2. The normalized spacial score (nSPS) is 15.5. The van der Waals surface area contributed by atoms with Crippen molar-refractivity contribution in [2.45, 2.75) is 12.8 Å². The van der Waals surface area contributed by atoms with Gasteiger partial charge in [0.1, 0.15) is 11.5 Å². The van der Waals surface area contributed by atoms with Crippen LogP contribution in [0.3, 0.4) is 0 Å². The van der Waals surface area contributed by atoms with E-state index in [1.54, 1.807) is 0 Å².